The highest BCUT2D eigenvalue weighted by Crippen LogP contribution is 2.01. The number of nitrogens with one attached hydrogen (secondary N) is 1. The van der Waals surface area contributed by atoms with Crippen LogP contribution in [-0.4, -0.2) is 9.13 Å². The molecule has 3 heteroatoms. The standard InChI is InChI=1S/C12H17N3/c1-14-5-3-11(9-14)7-13-8-12-4-6-15(2)10-12/h3-6,9-10,13H,7-8H2,1-2H3. The number of hydrogen-bond acceptors (Lipinski definition) is 1. The molecule has 0 aliphatic heterocycles. The van der Waals surface area contributed by atoms with E-state index in [9.17, 15) is 0 Å². The molecule has 2 aromatic heterocycles. The lowest BCUT2D eigenvalue weighted by atomic mass is 10.3. The minimum absolute atomic E-state index is 0.926. The van der Waals surface area contributed by atoms with E-state index in [0.29, 0.717) is 0 Å². The Kier molecular flexibility index (Phi) is 2.92. The zero-order chi connectivity index (χ0) is 10.7. The fourth-order valence-electron chi connectivity index (χ4n) is 1.68. The molecule has 0 amide bonds. The third-order valence-electron chi connectivity index (χ3n) is 2.44. The molecular formula is C12H17N3. The number of rotatable bonds is 4. The maximum absolute atomic E-state index is 3.42. The maximum Gasteiger partial charge on any atom is 0.0223 e. The summed E-state index contributed by atoms with van der Waals surface area (Å²) in [5.74, 6) is 0. The lowest BCUT2D eigenvalue weighted by Gasteiger charge is -2.00. The zero-order valence-corrected chi connectivity index (χ0v) is 9.27. The predicted octanol–water partition coefficient (Wildman–Crippen LogP) is 1.65. The van der Waals surface area contributed by atoms with Crippen LogP contribution in [0.1, 0.15) is 11.1 Å². The first-order valence-corrected chi connectivity index (χ1v) is 5.16. The summed E-state index contributed by atoms with van der Waals surface area (Å²) < 4.78 is 4.14. The Bertz CT molecular complexity index is 385. The Morgan fingerprint density at radius 3 is 1.73 bits per heavy atom. The van der Waals surface area contributed by atoms with Gasteiger partial charge in [-0.2, -0.15) is 0 Å². The largest absolute Gasteiger partial charge is 0.357 e. The summed E-state index contributed by atoms with van der Waals surface area (Å²) >= 11 is 0. The van der Waals surface area contributed by atoms with Gasteiger partial charge in [0.05, 0.1) is 0 Å². The summed E-state index contributed by atoms with van der Waals surface area (Å²) in [5.41, 5.74) is 2.65. The molecule has 3 nitrogen and oxygen atoms in total. The smallest absolute Gasteiger partial charge is 0.0223 e. The van der Waals surface area contributed by atoms with Crippen LogP contribution in [0.2, 0.25) is 0 Å². The van der Waals surface area contributed by atoms with Crippen LogP contribution in [0.3, 0.4) is 0 Å². The van der Waals surface area contributed by atoms with Crippen molar-refractivity contribution in [3.63, 3.8) is 0 Å². The lowest BCUT2D eigenvalue weighted by Crippen LogP contribution is -2.11. The molecule has 0 saturated carbocycles. The summed E-state index contributed by atoms with van der Waals surface area (Å²) in [6.45, 7) is 1.85. The van der Waals surface area contributed by atoms with Crippen LogP contribution in [0, 0.1) is 0 Å². The van der Waals surface area contributed by atoms with E-state index in [1.165, 1.54) is 11.1 Å². The van der Waals surface area contributed by atoms with E-state index in [0.717, 1.165) is 13.1 Å². The van der Waals surface area contributed by atoms with Crippen molar-refractivity contribution < 1.29 is 0 Å². The second kappa shape index (κ2) is 4.36. The Labute approximate surface area is 90.3 Å². The highest BCUT2D eigenvalue weighted by atomic mass is 14.9. The van der Waals surface area contributed by atoms with Gasteiger partial charge in [0.25, 0.3) is 0 Å². The molecule has 0 radical (unpaired) electrons. The highest BCUT2D eigenvalue weighted by Gasteiger charge is 1.96. The van der Waals surface area contributed by atoms with Gasteiger partial charge in [-0.15, -0.1) is 0 Å². The Hall–Kier alpha value is -1.48. The molecule has 0 bridgehead atoms. The molecule has 2 aromatic rings. The second-order valence-corrected chi connectivity index (χ2v) is 3.97. The van der Waals surface area contributed by atoms with Crippen LogP contribution < -0.4 is 5.32 Å². The monoisotopic (exact) mass is 203 g/mol. The Balaban J connectivity index is 1.80. The molecule has 15 heavy (non-hydrogen) atoms. The molecule has 0 aliphatic rings. The van der Waals surface area contributed by atoms with Crippen molar-refractivity contribution in [1.82, 2.24) is 14.5 Å². The summed E-state index contributed by atoms with van der Waals surface area (Å²) in [6, 6.07) is 4.27. The third-order valence-corrected chi connectivity index (χ3v) is 2.44. The van der Waals surface area contributed by atoms with Gasteiger partial charge >= 0.3 is 0 Å². The van der Waals surface area contributed by atoms with E-state index >= 15 is 0 Å². The van der Waals surface area contributed by atoms with E-state index in [1.807, 2.05) is 14.1 Å². The molecule has 1 N–H and O–H groups in total. The van der Waals surface area contributed by atoms with Crippen LogP contribution in [0.5, 0.6) is 0 Å². The molecule has 80 valence electrons. The van der Waals surface area contributed by atoms with Crippen LogP contribution in [0.15, 0.2) is 36.9 Å². The van der Waals surface area contributed by atoms with Gasteiger partial charge in [-0.1, -0.05) is 0 Å². The van der Waals surface area contributed by atoms with Crippen molar-refractivity contribution in [2.45, 2.75) is 13.1 Å². The summed E-state index contributed by atoms with van der Waals surface area (Å²) in [7, 11) is 4.08. The Morgan fingerprint density at radius 2 is 1.40 bits per heavy atom. The molecule has 0 saturated heterocycles. The quantitative estimate of drug-likeness (QED) is 0.802. The predicted molar refractivity (Wildman–Crippen MR) is 61.4 cm³/mol. The number of aromatic nitrogens is 2. The molecule has 0 fully saturated rings. The van der Waals surface area contributed by atoms with E-state index in [1.54, 1.807) is 0 Å². The zero-order valence-electron chi connectivity index (χ0n) is 9.27. The first-order valence-electron chi connectivity index (χ1n) is 5.16. The number of hydrogen-bond donors (Lipinski definition) is 1. The average Bonchev–Trinajstić information content (AvgIpc) is 2.76. The van der Waals surface area contributed by atoms with Crippen molar-refractivity contribution in [2.24, 2.45) is 14.1 Å². The van der Waals surface area contributed by atoms with E-state index in [2.05, 4.69) is 51.4 Å². The normalized spacial score (nSPS) is 10.8. The van der Waals surface area contributed by atoms with Gasteiger partial charge in [0, 0.05) is 52.0 Å². The minimum atomic E-state index is 0.926. The van der Waals surface area contributed by atoms with Gasteiger partial charge in [-0.3, -0.25) is 0 Å². The van der Waals surface area contributed by atoms with Crippen molar-refractivity contribution in [1.29, 1.82) is 0 Å². The highest BCUT2D eigenvalue weighted by molar-refractivity contribution is 5.12. The molecule has 2 rings (SSSR count). The second-order valence-electron chi connectivity index (χ2n) is 3.97. The molecule has 0 unspecified atom stereocenters. The first kappa shape index (κ1) is 10.1. The van der Waals surface area contributed by atoms with E-state index < -0.39 is 0 Å². The SMILES string of the molecule is Cn1ccc(CNCc2ccn(C)c2)c1. The van der Waals surface area contributed by atoms with Crippen LogP contribution in [0.4, 0.5) is 0 Å². The lowest BCUT2D eigenvalue weighted by molar-refractivity contribution is 0.691. The van der Waals surface area contributed by atoms with Crippen LogP contribution in [-0.2, 0) is 27.2 Å². The molecular weight excluding hydrogens is 186 g/mol. The fourth-order valence-corrected chi connectivity index (χ4v) is 1.68. The van der Waals surface area contributed by atoms with Crippen molar-refractivity contribution >= 4 is 0 Å². The summed E-state index contributed by atoms with van der Waals surface area (Å²) in [6.07, 6.45) is 8.41. The number of aryl methyl sites for hydroxylation is 2. The van der Waals surface area contributed by atoms with Gasteiger partial charge in [-0.05, 0) is 23.3 Å². The average molecular weight is 203 g/mol. The minimum Gasteiger partial charge on any atom is -0.357 e. The molecule has 0 spiro atoms. The number of nitrogens with zero attached hydrogens (tertiary/aromatic N) is 2. The van der Waals surface area contributed by atoms with Crippen LogP contribution >= 0.6 is 0 Å². The van der Waals surface area contributed by atoms with Crippen molar-refractivity contribution in [3.05, 3.63) is 48.0 Å². The Morgan fingerprint density at radius 1 is 0.933 bits per heavy atom. The molecule has 2 heterocycles. The summed E-state index contributed by atoms with van der Waals surface area (Å²) in [4.78, 5) is 0. The van der Waals surface area contributed by atoms with Gasteiger partial charge in [0.2, 0.25) is 0 Å². The third kappa shape index (κ3) is 2.73. The van der Waals surface area contributed by atoms with Gasteiger partial charge in [0.1, 0.15) is 0 Å². The van der Waals surface area contributed by atoms with Crippen LogP contribution in [0.25, 0.3) is 0 Å². The van der Waals surface area contributed by atoms with Crippen molar-refractivity contribution in [3.8, 4) is 0 Å². The van der Waals surface area contributed by atoms with E-state index in [4.69, 9.17) is 0 Å². The molecule has 0 aliphatic carbocycles. The summed E-state index contributed by atoms with van der Waals surface area (Å²) in [5, 5.41) is 3.42. The first-order chi connectivity index (χ1) is 7.24. The topological polar surface area (TPSA) is 21.9 Å². The molecule has 0 atom stereocenters. The maximum atomic E-state index is 3.42. The van der Waals surface area contributed by atoms with Gasteiger partial charge < -0.3 is 14.5 Å². The van der Waals surface area contributed by atoms with Gasteiger partial charge in [-0.25, -0.2) is 0 Å². The van der Waals surface area contributed by atoms with Gasteiger partial charge in [0.15, 0.2) is 0 Å². The molecule has 0 aromatic carbocycles. The van der Waals surface area contributed by atoms with E-state index in [-0.39, 0.29) is 0 Å². The fraction of sp³-hybridized carbons (Fsp3) is 0.333. The van der Waals surface area contributed by atoms with Crippen molar-refractivity contribution in [2.75, 3.05) is 0 Å².